The molecule has 1 unspecified atom stereocenters. The first-order valence-electron chi connectivity index (χ1n) is 4.59. The van der Waals surface area contributed by atoms with E-state index in [2.05, 4.69) is 5.32 Å². The van der Waals surface area contributed by atoms with Crippen molar-refractivity contribution < 1.29 is 24.6 Å². The van der Waals surface area contributed by atoms with Gasteiger partial charge in [-0.05, 0) is 13.3 Å². The Morgan fingerprint density at radius 2 is 1.73 bits per heavy atom. The molecule has 3 N–H and O–H groups in total. The minimum absolute atomic E-state index is 0.101. The number of hydrogen-bond acceptors (Lipinski definition) is 3. The monoisotopic (exact) mass is 217 g/mol. The topological polar surface area (TPSA) is 104 Å². The number of carboxylic acids is 2. The predicted molar refractivity (Wildman–Crippen MR) is 51.3 cm³/mol. The van der Waals surface area contributed by atoms with Crippen molar-refractivity contribution >= 4 is 17.8 Å². The van der Waals surface area contributed by atoms with E-state index >= 15 is 0 Å². The molecule has 0 aromatic carbocycles. The summed E-state index contributed by atoms with van der Waals surface area (Å²) >= 11 is 0. The molecule has 6 nitrogen and oxygen atoms in total. The highest BCUT2D eigenvalue weighted by atomic mass is 16.4. The summed E-state index contributed by atoms with van der Waals surface area (Å²) in [7, 11) is 0. The van der Waals surface area contributed by atoms with Crippen molar-refractivity contribution in [3.63, 3.8) is 0 Å². The lowest BCUT2D eigenvalue weighted by atomic mass is 10.0. The summed E-state index contributed by atoms with van der Waals surface area (Å²) in [5.41, 5.74) is 0. The predicted octanol–water partition coefficient (Wildman–Crippen LogP) is 0.0766. The summed E-state index contributed by atoms with van der Waals surface area (Å²) in [6, 6.07) is -0.954. The normalized spacial score (nSPS) is 14.0. The van der Waals surface area contributed by atoms with Gasteiger partial charge in [0.15, 0.2) is 0 Å². The molecule has 0 saturated carbocycles. The first-order valence-corrected chi connectivity index (χ1v) is 4.59. The maximum atomic E-state index is 11.3. The largest absolute Gasteiger partial charge is 0.481 e. The molecule has 15 heavy (non-hydrogen) atoms. The quantitative estimate of drug-likeness (QED) is 0.584. The third-order valence-electron chi connectivity index (χ3n) is 1.97. The zero-order valence-corrected chi connectivity index (χ0v) is 8.69. The number of rotatable bonds is 6. The molecule has 0 spiro atoms. The smallest absolute Gasteiger partial charge is 0.325 e. The van der Waals surface area contributed by atoms with E-state index in [1.54, 1.807) is 6.92 Å². The summed E-state index contributed by atoms with van der Waals surface area (Å²) < 4.78 is 0. The Morgan fingerprint density at radius 1 is 1.20 bits per heavy atom. The highest BCUT2D eigenvalue weighted by Gasteiger charge is 2.19. The van der Waals surface area contributed by atoms with Gasteiger partial charge < -0.3 is 15.5 Å². The lowest BCUT2D eigenvalue weighted by molar-refractivity contribution is -0.142. The molecule has 0 aromatic heterocycles. The van der Waals surface area contributed by atoms with Crippen LogP contribution in [0.3, 0.4) is 0 Å². The van der Waals surface area contributed by atoms with Crippen LogP contribution in [0, 0.1) is 5.92 Å². The molecule has 0 saturated heterocycles. The molecule has 0 aromatic rings. The summed E-state index contributed by atoms with van der Waals surface area (Å²) in [4.78, 5) is 31.9. The molecular formula is C9H15NO5. The average molecular weight is 217 g/mol. The Hall–Kier alpha value is -1.59. The lowest BCUT2D eigenvalue weighted by Gasteiger charge is -2.13. The van der Waals surface area contributed by atoms with E-state index in [1.165, 1.54) is 6.92 Å². The van der Waals surface area contributed by atoms with Crippen molar-refractivity contribution in [2.75, 3.05) is 0 Å². The molecular weight excluding hydrogens is 202 g/mol. The molecule has 2 atom stereocenters. The van der Waals surface area contributed by atoms with Gasteiger partial charge in [0.25, 0.3) is 0 Å². The molecule has 0 bridgehead atoms. The van der Waals surface area contributed by atoms with Crippen molar-refractivity contribution in [2.24, 2.45) is 5.92 Å². The number of aliphatic carboxylic acids is 2. The van der Waals surface area contributed by atoms with Crippen LogP contribution in [-0.2, 0) is 14.4 Å². The number of carbonyl (C=O) groups is 3. The summed E-state index contributed by atoms with van der Waals surface area (Å²) in [6.07, 6.45) is 0.101. The van der Waals surface area contributed by atoms with Gasteiger partial charge in [0, 0.05) is 12.3 Å². The fraction of sp³-hybridized carbons (Fsp3) is 0.667. The van der Waals surface area contributed by atoms with Crippen LogP contribution < -0.4 is 5.32 Å². The second-order valence-corrected chi connectivity index (χ2v) is 3.40. The molecule has 0 aliphatic carbocycles. The molecule has 0 rings (SSSR count). The van der Waals surface area contributed by atoms with Gasteiger partial charge in [0.2, 0.25) is 5.91 Å². The number of amides is 1. The molecule has 6 heteroatoms. The van der Waals surface area contributed by atoms with E-state index in [0.717, 1.165) is 0 Å². The summed E-state index contributed by atoms with van der Waals surface area (Å²) in [5, 5.41) is 19.2. The molecule has 0 radical (unpaired) electrons. The zero-order valence-electron chi connectivity index (χ0n) is 8.69. The van der Waals surface area contributed by atoms with E-state index in [-0.39, 0.29) is 12.8 Å². The summed E-state index contributed by atoms with van der Waals surface area (Å²) in [6.45, 7) is 2.91. The van der Waals surface area contributed by atoms with Crippen LogP contribution in [0.15, 0.2) is 0 Å². The third-order valence-corrected chi connectivity index (χ3v) is 1.97. The van der Waals surface area contributed by atoms with Crippen LogP contribution in [0.4, 0.5) is 0 Å². The van der Waals surface area contributed by atoms with E-state index in [4.69, 9.17) is 10.2 Å². The van der Waals surface area contributed by atoms with Gasteiger partial charge in [0.1, 0.15) is 6.04 Å². The van der Waals surface area contributed by atoms with Crippen LogP contribution in [0.1, 0.15) is 26.7 Å². The second-order valence-electron chi connectivity index (χ2n) is 3.40. The number of hydrogen-bond donors (Lipinski definition) is 3. The van der Waals surface area contributed by atoms with Crippen molar-refractivity contribution in [3.8, 4) is 0 Å². The Labute approximate surface area is 87.3 Å². The Balaban J connectivity index is 3.99. The number of carbonyl (C=O) groups excluding carboxylic acids is 1. The first kappa shape index (κ1) is 13.4. The molecule has 0 aliphatic rings. The maximum Gasteiger partial charge on any atom is 0.325 e. The number of nitrogens with one attached hydrogen (secondary N) is 1. The molecule has 0 aliphatic heterocycles. The minimum Gasteiger partial charge on any atom is -0.481 e. The fourth-order valence-electron chi connectivity index (χ4n) is 0.888. The van der Waals surface area contributed by atoms with Crippen LogP contribution >= 0.6 is 0 Å². The Kier molecular flexibility index (Phi) is 5.36. The van der Waals surface area contributed by atoms with Crippen molar-refractivity contribution in [1.82, 2.24) is 5.32 Å². The van der Waals surface area contributed by atoms with Crippen molar-refractivity contribution in [2.45, 2.75) is 32.7 Å². The van der Waals surface area contributed by atoms with E-state index in [1.807, 2.05) is 0 Å². The molecule has 0 heterocycles. The van der Waals surface area contributed by atoms with Gasteiger partial charge in [-0.3, -0.25) is 14.4 Å². The van der Waals surface area contributed by atoms with Gasteiger partial charge in [-0.25, -0.2) is 0 Å². The molecule has 1 amide bonds. The SMILES string of the molecule is CC(CCC(=O)O)C(=O)N[C@@H](C)C(=O)O. The van der Waals surface area contributed by atoms with Crippen molar-refractivity contribution in [1.29, 1.82) is 0 Å². The minimum atomic E-state index is -1.12. The van der Waals surface area contributed by atoms with Crippen LogP contribution in [0.25, 0.3) is 0 Å². The Bertz CT molecular complexity index is 263. The van der Waals surface area contributed by atoms with E-state index < -0.39 is 29.8 Å². The third kappa shape index (κ3) is 5.66. The van der Waals surface area contributed by atoms with Gasteiger partial charge >= 0.3 is 11.9 Å². The van der Waals surface area contributed by atoms with E-state index in [9.17, 15) is 14.4 Å². The van der Waals surface area contributed by atoms with Crippen LogP contribution in [0.5, 0.6) is 0 Å². The van der Waals surface area contributed by atoms with Gasteiger partial charge in [-0.1, -0.05) is 6.92 Å². The zero-order chi connectivity index (χ0) is 12.0. The lowest BCUT2D eigenvalue weighted by Crippen LogP contribution is -2.41. The highest BCUT2D eigenvalue weighted by molar-refractivity contribution is 5.84. The molecule has 0 fully saturated rings. The molecule has 86 valence electrons. The van der Waals surface area contributed by atoms with Crippen LogP contribution in [0.2, 0.25) is 0 Å². The first-order chi connectivity index (χ1) is 6.84. The van der Waals surface area contributed by atoms with Crippen molar-refractivity contribution in [3.05, 3.63) is 0 Å². The second kappa shape index (κ2) is 6.00. The van der Waals surface area contributed by atoms with Gasteiger partial charge in [0.05, 0.1) is 0 Å². The fourth-order valence-corrected chi connectivity index (χ4v) is 0.888. The Morgan fingerprint density at radius 3 is 2.13 bits per heavy atom. The standard InChI is InChI=1S/C9H15NO5/c1-5(3-4-7(11)12)8(13)10-6(2)9(14)15/h5-6H,3-4H2,1-2H3,(H,10,13)(H,11,12)(H,14,15)/t5?,6-/m0/s1. The summed E-state index contributed by atoms with van der Waals surface area (Å²) in [5.74, 6) is -3.02. The van der Waals surface area contributed by atoms with E-state index in [0.29, 0.717) is 0 Å². The van der Waals surface area contributed by atoms with Crippen LogP contribution in [-0.4, -0.2) is 34.1 Å². The maximum absolute atomic E-state index is 11.3. The van der Waals surface area contributed by atoms with Gasteiger partial charge in [-0.15, -0.1) is 0 Å². The van der Waals surface area contributed by atoms with Gasteiger partial charge in [-0.2, -0.15) is 0 Å². The average Bonchev–Trinajstić information content (AvgIpc) is 2.13. The highest BCUT2D eigenvalue weighted by Crippen LogP contribution is 2.05. The number of carboxylic acid groups (broad SMARTS) is 2.